The number of nitrogens with one attached hydrogen (secondary N) is 2. The summed E-state index contributed by atoms with van der Waals surface area (Å²) in [7, 11) is 3.16. The lowest BCUT2D eigenvalue weighted by atomic mass is 9.97. The Kier molecular flexibility index (Phi) is 15.9. The first-order valence-electron chi connectivity index (χ1n) is 17.7. The second-order valence-electron chi connectivity index (χ2n) is 12.7. The summed E-state index contributed by atoms with van der Waals surface area (Å²) < 4.78 is 49.0. The molecule has 2 aromatic heterocycles. The second kappa shape index (κ2) is 19.3. The van der Waals surface area contributed by atoms with Crippen molar-refractivity contribution in [3.05, 3.63) is 78.1 Å². The third-order valence-electron chi connectivity index (χ3n) is 9.35. The highest BCUT2D eigenvalue weighted by Crippen LogP contribution is 2.68. The highest BCUT2D eigenvalue weighted by Gasteiger charge is 2.59. The second-order valence-corrected chi connectivity index (χ2v) is 19.9. The lowest BCUT2D eigenvalue weighted by molar-refractivity contribution is -0.0568. The molecule has 5 rings (SSSR count). The molecule has 20 heteroatoms. The zero-order valence-electron chi connectivity index (χ0n) is 31.3. The summed E-state index contributed by atoms with van der Waals surface area (Å²) in [5.74, 6) is 1.97. The highest BCUT2D eigenvalue weighted by molar-refractivity contribution is 8.11. The number of ether oxygens (including phenoxy) is 4. The first-order chi connectivity index (χ1) is 25.2. The summed E-state index contributed by atoms with van der Waals surface area (Å²) in [6.45, 7) is 8.68. The van der Waals surface area contributed by atoms with Crippen LogP contribution < -0.4 is 22.5 Å². The molecule has 2 aromatic rings. The number of hydrogen-bond acceptors (Lipinski definition) is 14. The predicted octanol–water partition coefficient (Wildman–Crippen LogP) is 3.84. The molecule has 3 fully saturated rings. The lowest BCUT2D eigenvalue weighted by Gasteiger charge is -2.23. The fraction of sp³-hybridized carbons (Fsp3) is 0.697. The van der Waals surface area contributed by atoms with Crippen LogP contribution in [0.2, 0.25) is 0 Å². The summed E-state index contributed by atoms with van der Waals surface area (Å²) in [5, 5.41) is 0. The van der Waals surface area contributed by atoms with Crippen LogP contribution in [0.15, 0.2) is 55.6 Å². The van der Waals surface area contributed by atoms with Gasteiger partial charge in [-0.05, 0) is 75.5 Å². The van der Waals surface area contributed by atoms with Crippen LogP contribution in [0, 0.1) is 17.8 Å². The van der Waals surface area contributed by atoms with Gasteiger partial charge >= 0.3 is 11.4 Å². The average Bonchev–Trinajstić information content (AvgIpc) is 3.75. The molecule has 2 N–H and O–H groups in total. The Morgan fingerprint density at radius 1 is 0.774 bits per heavy atom. The van der Waals surface area contributed by atoms with Crippen LogP contribution >= 0.6 is 13.0 Å². The van der Waals surface area contributed by atoms with Gasteiger partial charge in [-0.15, -0.1) is 0 Å². The average molecular weight is 823 g/mol. The van der Waals surface area contributed by atoms with Gasteiger partial charge in [-0.3, -0.25) is 28.7 Å². The summed E-state index contributed by atoms with van der Waals surface area (Å²) in [6.07, 6.45) is 3.16. The van der Waals surface area contributed by atoms with Gasteiger partial charge in [-0.25, -0.2) is 9.59 Å². The highest BCUT2D eigenvalue weighted by atomic mass is 32.5. The number of hydrogen-bond donors (Lipinski definition) is 2. The standard InChI is InChI=1S/C17H27N2O6PS.C16H25N2O6PS/c1-5-23-26(27,24-6-2)12-9-11(12)14-10(3)15(22-4)16(25-14)19-8-7-13(20)18-17(19)21;1-5-22-25(26,23-6-2)10-8-12-11(3)14(21-4)15(24-12)18-9-7-13(19)17-16(18)20/h7-8,10-12,14-16H,5-6,9H2,1-4H3,(H,18,20,21);7-12,14-15H,5-6H2,1-4H3,(H,17,19,20)/b;10-8+/t10?,11?,12?,14-,15-,16+;11?,12-,14+,15-/m01/s1. The minimum Gasteiger partial charge on any atom is -0.376 e. The molecule has 2 saturated heterocycles. The quantitative estimate of drug-likeness (QED) is 0.233. The van der Waals surface area contributed by atoms with E-state index in [1.807, 2.05) is 40.7 Å². The minimum absolute atomic E-state index is 0.0493. The van der Waals surface area contributed by atoms with Crippen molar-refractivity contribution in [2.75, 3.05) is 40.6 Å². The maximum atomic E-state index is 12.2. The Balaban J connectivity index is 0.000000237. The van der Waals surface area contributed by atoms with E-state index < -0.39 is 47.9 Å². The van der Waals surface area contributed by atoms with Crippen LogP contribution in [-0.4, -0.2) is 89.8 Å². The first kappa shape index (κ1) is 43.8. The van der Waals surface area contributed by atoms with E-state index in [9.17, 15) is 19.2 Å². The zero-order valence-corrected chi connectivity index (χ0v) is 34.7. The van der Waals surface area contributed by atoms with Gasteiger partial charge in [0.05, 0.1) is 38.6 Å². The van der Waals surface area contributed by atoms with Gasteiger partial charge in [0, 0.05) is 56.2 Å². The monoisotopic (exact) mass is 822 g/mol. The van der Waals surface area contributed by atoms with Gasteiger partial charge < -0.3 is 37.0 Å². The van der Waals surface area contributed by atoms with E-state index in [4.69, 9.17) is 60.7 Å². The van der Waals surface area contributed by atoms with Crippen LogP contribution in [0.25, 0.3) is 0 Å². The molecule has 298 valence electrons. The number of nitrogens with zero attached hydrogens (tertiary/aromatic N) is 2. The third kappa shape index (κ3) is 10.3. The van der Waals surface area contributed by atoms with Crippen molar-refractivity contribution in [2.45, 2.75) is 90.5 Å². The third-order valence-corrected chi connectivity index (χ3v) is 16.2. The molecule has 4 heterocycles. The topological polar surface area (TPSA) is 184 Å². The molecule has 16 nitrogen and oxygen atoms in total. The molecule has 53 heavy (non-hydrogen) atoms. The summed E-state index contributed by atoms with van der Waals surface area (Å²) in [4.78, 5) is 51.4. The van der Waals surface area contributed by atoms with E-state index in [1.165, 1.54) is 33.7 Å². The fourth-order valence-electron chi connectivity index (χ4n) is 6.87. The van der Waals surface area contributed by atoms with Crippen molar-refractivity contribution in [3.63, 3.8) is 0 Å². The molecular formula is C33H52N4O12P2S2. The van der Waals surface area contributed by atoms with Gasteiger partial charge in [-0.2, -0.15) is 0 Å². The van der Waals surface area contributed by atoms with Crippen molar-refractivity contribution in [1.29, 1.82) is 0 Å². The van der Waals surface area contributed by atoms with Crippen molar-refractivity contribution in [1.82, 2.24) is 19.1 Å². The van der Waals surface area contributed by atoms with E-state index in [-0.39, 0.29) is 47.8 Å². The number of rotatable bonds is 16. The molecule has 0 aromatic carbocycles. The van der Waals surface area contributed by atoms with E-state index in [2.05, 4.69) is 16.9 Å². The molecule has 0 spiro atoms. The number of aromatic amines is 2. The van der Waals surface area contributed by atoms with Crippen LogP contribution in [0.3, 0.4) is 0 Å². The molecule has 3 aliphatic rings. The summed E-state index contributed by atoms with van der Waals surface area (Å²) in [6, 6.07) is 2.58. The Bertz CT molecular complexity index is 1860. The van der Waals surface area contributed by atoms with Gasteiger partial charge in [0.2, 0.25) is 6.49 Å². The van der Waals surface area contributed by atoms with Crippen molar-refractivity contribution < 1.29 is 37.0 Å². The fourth-order valence-corrected chi connectivity index (χ4v) is 12.7. The zero-order chi connectivity index (χ0) is 39.1. The Morgan fingerprint density at radius 3 is 1.70 bits per heavy atom. The number of H-pyrrole nitrogens is 2. The molecule has 0 bridgehead atoms. The molecular weight excluding hydrogens is 770 g/mol. The first-order valence-corrected chi connectivity index (χ1v) is 23.1. The van der Waals surface area contributed by atoms with E-state index in [1.54, 1.807) is 20.0 Å². The summed E-state index contributed by atoms with van der Waals surface area (Å²) >= 11 is 11.2. The van der Waals surface area contributed by atoms with Crippen LogP contribution in [-0.2, 0) is 60.7 Å². The van der Waals surface area contributed by atoms with E-state index >= 15 is 0 Å². The molecule has 0 radical (unpaired) electrons. The normalized spacial score (nSPS) is 30.0. The minimum atomic E-state index is -2.52. The molecule has 2 aliphatic heterocycles. The summed E-state index contributed by atoms with van der Waals surface area (Å²) in [5.41, 5.74) is -1.80. The van der Waals surface area contributed by atoms with E-state index in [0.29, 0.717) is 26.4 Å². The lowest BCUT2D eigenvalue weighted by Crippen LogP contribution is -2.36. The van der Waals surface area contributed by atoms with Crippen LogP contribution in [0.4, 0.5) is 0 Å². The smallest absolute Gasteiger partial charge is 0.330 e. The molecule has 1 aliphatic carbocycles. The van der Waals surface area contributed by atoms with Gasteiger partial charge in [0.1, 0.15) is 12.2 Å². The largest absolute Gasteiger partial charge is 0.376 e. The van der Waals surface area contributed by atoms with Crippen LogP contribution in [0.5, 0.6) is 0 Å². The van der Waals surface area contributed by atoms with Crippen LogP contribution in [0.1, 0.15) is 60.4 Å². The molecule has 1 saturated carbocycles. The maximum absolute atomic E-state index is 12.2. The SMILES string of the molecule is CCOP(=S)(/C=C/[C@H]1O[C@@H](n2ccc(=O)[nH]c2=O)[C@@H](OC)C1C)OCC.CCOP(=S)(OCC)C1CC1[C@H]1O[C@@H](n2ccc(=O)[nH]c2=O)[C@@H](OC)C1C. The van der Waals surface area contributed by atoms with Gasteiger partial charge in [0.25, 0.3) is 11.1 Å². The molecule has 0 amide bonds. The van der Waals surface area contributed by atoms with Crippen molar-refractivity contribution in [3.8, 4) is 0 Å². The van der Waals surface area contributed by atoms with Gasteiger partial charge in [-0.1, -0.05) is 13.8 Å². The number of methoxy groups -OCH3 is 2. The predicted molar refractivity (Wildman–Crippen MR) is 206 cm³/mol. The maximum Gasteiger partial charge on any atom is 0.330 e. The Labute approximate surface area is 318 Å². The van der Waals surface area contributed by atoms with Crippen molar-refractivity contribution in [2.24, 2.45) is 17.8 Å². The van der Waals surface area contributed by atoms with Crippen molar-refractivity contribution >= 4 is 36.6 Å². The van der Waals surface area contributed by atoms with Gasteiger partial charge in [0.15, 0.2) is 18.9 Å². The Morgan fingerprint density at radius 2 is 1.25 bits per heavy atom. The molecule has 10 atom stereocenters. The molecule has 4 unspecified atom stereocenters. The van der Waals surface area contributed by atoms with E-state index in [0.717, 1.165) is 6.42 Å². The Hall–Kier alpha value is -1.92. The number of aromatic nitrogens is 4.